The second kappa shape index (κ2) is 7.81. The van der Waals surface area contributed by atoms with Crippen LogP contribution in [0.1, 0.15) is 46.1 Å². The minimum atomic E-state index is -0.578. The van der Waals surface area contributed by atoms with Crippen LogP contribution in [0.3, 0.4) is 0 Å². The van der Waals surface area contributed by atoms with Gasteiger partial charge in [0.25, 0.3) is 0 Å². The molecule has 0 saturated carbocycles. The van der Waals surface area contributed by atoms with Crippen LogP contribution in [0.15, 0.2) is 30.3 Å². The third-order valence-corrected chi connectivity index (χ3v) is 2.97. The average molecular weight is 291 g/mol. The summed E-state index contributed by atoms with van der Waals surface area (Å²) in [5.41, 5.74) is 0.400. The molecule has 0 saturated heterocycles. The fourth-order valence-corrected chi connectivity index (χ4v) is 2.01. The molecule has 0 radical (unpaired) electrons. The molecule has 4 heteroatoms. The zero-order chi connectivity index (χ0) is 15.9. The highest BCUT2D eigenvalue weighted by Crippen LogP contribution is 2.16. The topological polar surface area (TPSA) is 46.6 Å². The minimum absolute atomic E-state index is 0.374. The second-order valence-corrected chi connectivity index (χ2v) is 6.09. The highest BCUT2D eigenvalue weighted by atomic mass is 16.6. The molecule has 0 aliphatic heterocycles. The Morgan fingerprint density at radius 3 is 2.38 bits per heavy atom. The molecule has 4 nitrogen and oxygen atoms in total. The van der Waals surface area contributed by atoms with Crippen LogP contribution in [0.4, 0.5) is 4.79 Å². The van der Waals surface area contributed by atoms with E-state index in [4.69, 9.17) is 4.74 Å². The van der Waals surface area contributed by atoms with E-state index in [0.717, 1.165) is 18.3 Å². The van der Waals surface area contributed by atoms with Gasteiger partial charge in [-0.3, -0.25) is 4.90 Å². The second-order valence-electron chi connectivity index (χ2n) is 6.09. The summed E-state index contributed by atoms with van der Waals surface area (Å²) in [6, 6.07) is 9.17. The number of carbonyl (C=O) groups is 2. The number of aldehydes is 1. The van der Waals surface area contributed by atoms with Crippen LogP contribution in [-0.2, 0) is 16.1 Å². The largest absolute Gasteiger partial charge is 0.444 e. The highest BCUT2D eigenvalue weighted by molar-refractivity contribution is 5.73. The molecule has 0 bridgehead atoms. The Labute approximate surface area is 127 Å². The summed E-state index contributed by atoms with van der Waals surface area (Å²) in [5, 5.41) is 0. The Bertz CT molecular complexity index is 451. The first-order valence-electron chi connectivity index (χ1n) is 7.36. The molecule has 21 heavy (non-hydrogen) atoms. The molecule has 1 atom stereocenters. The molecule has 1 rings (SSSR count). The van der Waals surface area contributed by atoms with Crippen LogP contribution in [0, 0.1) is 0 Å². The zero-order valence-corrected chi connectivity index (χ0v) is 13.3. The monoisotopic (exact) mass is 291 g/mol. The number of ether oxygens (including phenoxy) is 1. The molecular formula is C17H25NO3. The van der Waals surface area contributed by atoms with Crippen LogP contribution in [-0.4, -0.2) is 28.9 Å². The summed E-state index contributed by atoms with van der Waals surface area (Å²) >= 11 is 0. The van der Waals surface area contributed by atoms with Crippen LogP contribution < -0.4 is 0 Å². The van der Waals surface area contributed by atoms with Gasteiger partial charge in [-0.15, -0.1) is 0 Å². The fourth-order valence-electron chi connectivity index (χ4n) is 2.01. The Hall–Kier alpha value is -1.84. The van der Waals surface area contributed by atoms with Gasteiger partial charge in [-0.1, -0.05) is 43.7 Å². The number of carbonyl (C=O) groups excluding carboxylic acids is 2. The van der Waals surface area contributed by atoms with Crippen LogP contribution in [0.2, 0.25) is 0 Å². The number of benzene rings is 1. The van der Waals surface area contributed by atoms with Gasteiger partial charge in [0.1, 0.15) is 11.9 Å². The number of hydrogen-bond donors (Lipinski definition) is 0. The number of amides is 1. The number of hydrogen-bond acceptors (Lipinski definition) is 3. The predicted octanol–water partition coefficient (Wildman–Crippen LogP) is 3.79. The van der Waals surface area contributed by atoms with Gasteiger partial charge in [0, 0.05) is 6.54 Å². The zero-order valence-electron chi connectivity index (χ0n) is 13.3. The predicted molar refractivity (Wildman–Crippen MR) is 83.0 cm³/mol. The van der Waals surface area contributed by atoms with Gasteiger partial charge in [0.15, 0.2) is 0 Å². The first-order chi connectivity index (χ1) is 9.87. The van der Waals surface area contributed by atoms with Gasteiger partial charge in [0.2, 0.25) is 0 Å². The van der Waals surface area contributed by atoms with Gasteiger partial charge in [-0.05, 0) is 32.8 Å². The molecule has 0 fully saturated rings. The van der Waals surface area contributed by atoms with Crippen LogP contribution >= 0.6 is 0 Å². The number of nitrogens with zero attached hydrogens (tertiary/aromatic N) is 1. The lowest BCUT2D eigenvalue weighted by Crippen LogP contribution is -2.43. The first kappa shape index (κ1) is 17.2. The molecule has 0 aliphatic rings. The Morgan fingerprint density at radius 2 is 1.90 bits per heavy atom. The summed E-state index contributed by atoms with van der Waals surface area (Å²) in [5.74, 6) is 0. The standard InChI is InChI=1S/C17H25NO3/c1-5-9-15(13-19)18(16(20)21-17(2,3)4)12-14-10-7-6-8-11-14/h6-8,10-11,13,15H,5,9,12H2,1-4H3/t15-/m0/s1. The quantitative estimate of drug-likeness (QED) is 0.749. The van der Waals surface area contributed by atoms with Crippen molar-refractivity contribution >= 4 is 12.4 Å². The lowest BCUT2D eigenvalue weighted by Gasteiger charge is -2.31. The third kappa shape index (κ3) is 5.98. The molecule has 0 aromatic heterocycles. The molecule has 116 valence electrons. The minimum Gasteiger partial charge on any atom is -0.444 e. The van der Waals surface area contributed by atoms with E-state index in [2.05, 4.69) is 0 Å². The van der Waals surface area contributed by atoms with E-state index < -0.39 is 17.7 Å². The van der Waals surface area contributed by atoms with Crippen molar-refractivity contribution in [2.75, 3.05) is 0 Å². The molecule has 1 amide bonds. The van der Waals surface area contributed by atoms with Gasteiger partial charge in [0.05, 0.1) is 6.04 Å². The van der Waals surface area contributed by atoms with Crippen molar-refractivity contribution in [2.24, 2.45) is 0 Å². The van der Waals surface area contributed by atoms with E-state index in [1.54, 1.807) is 0 Å². The van der Waals surface area contributed by atoms with E-state index in [0.29, 0.717) is 13.0 Å². The van der Waals surface area contributed by atoms with Gasteiger partial charge in [-0.25, -0.2) is 4.79 Å². The molecule has 1 aromatic carbocycles. The summed E-state index contributed by atoms with van der Waals surface area (Å²) in [6.45, 7) is 7.83. The van der Waals surface area contributed by atoms with Crippen molar-refractivity contribution in [2.45, 2.75) is 58.7 Å². The van der Waals surface area contributed by atoms with E-state index in [1.807, 2.05) is 58.0 Å². The smallest absolute Gasteiger partial charge is 0.411 e. The molecule has 1 aromatic rings. The van der Waals surface area contributed by atoms with E-state index >= 15 is 0 Å². The molecule has 0 heterocycles. The maximum atomic E-state index is 12.4. The van der Waals surface area contributed by atoms with Crippen LogP contribution in [0.25, 0.3) is 0 Å². The molecule has 0 unspecified atom stereocenters. The van der Waals surface area contributed by atoms with E-state index in [9.17, 15) is 9.59 Å². The molecular weight excluding hydrogens is 266 g/mol. The molecule has 0 N–H and O–H groups in total. The summed E-state index contributed by atoms with van der Waals surface area (Å²) in [6.07, 6.45) is 1.85. The van der Waals surface area contributed by atoms with Gasteiger partial charge >= 0.3 is 6.09 Å². The summed E-state index contributed by atoms with van der Waals surface area (Å²) in [4.78, 5) is 25.2. The maximum Gasteiger partial charge on any atom is 0.411 e. The van der Waals surface area contributed by atoms with E-state index in [-0.39, 0.29) is 0 Å². The average Bonchev–Trinajstić information content (AvgIpc) is 2.42. The summed E-state index contributed by atoms with van der Waals surface area (Å²) in [7, 11) is 0. The van der Waals surface area contributed by atoms with Gasteiger partial charge in [-0.2, -0.15) is 0 Å². The molecule has 0 spiro atoms. The normalized spacial score (nSPS) is 12.6. The Kier molecular flexibility index (Phi) is 6.40. The van der Waals surface area contributed by atoms with E-state index in [1.165, 1.54) is 4.90 Å². The maximum absolute atomic E-state index is 12.4. The lowest BCUT2D eigenvalue weighted by atomic mass is 10.1. The lowest BCUT2D eigenvalue weighted by molar-refractivity contribution is -0.113. The van der Waals surface area contributed by atoms with Crippen molar-refractivity contribution in [3.63, 3.8) is 0 Å². The van der Waals surface area contributed by atoms with Crippen molar-refractivity contribution in [3.05, 3.63) is 35.9 Å². The van der Waals surface area contributed by atoms with Gasteiger partial charge < -0.3 is 9.53 Å². The van der Waals surface area contributed by atoms with Crippen molar-refractivity contribution in [1.29, 1.82) is 0 Å². The summed E-state index contributed by atoms with van der Waals surface area (Å²) < 4.78 is 5.43. The fraction of sp³-hybridized carbons (Fsp3) is 0.529. The first-order valence-corrected chi connectivity index (χ1v) is 7.36. The Morgan fingerprint density at radius 1 is 1.29 bits per heavy atom. The molecule has 0 aliphatic carbocycles. The van der Waals surface area contributed by atoms with Crippen molar-refractivity contribution in [1.82, 2.24) is 4.90 Å². The van der Waals surface area contributed by atoms with Crippen molar-refractivity contribution < 1.29 is 14.3 Å². The SMILES string of the molecule is CCC[C@@H](C=O)N(Cc1ccccc1)C(=O)OC(C)(C)C. The highest BCUT2D eigenvalue weighted by Gasteiger charge is 2.27. The van der Waals surface area contributed by atoms with Crippen LogP contribution in [0.5, 0.6) is 0 Å². The van der Waals surface area contributed by atoms with Crippen molar-refractivity contribution in [3.8, 4) is 0 Å². The number of rotatable bonds is 6. The Balaban J connectivity index is 2.93. The third-order valence-electron chi connectivity index (χ3n) is 2.97.